The maximum absolute atomic E-state index is 13.2. The van der Waals surface area contributed by atoms with E-state index >= 15 is 0 Å². The fourth-order valence-electron chi connectivity index (χ4n) is 3.60. The fraction of sp³-hybridized carbons (Fsp3) is 0.208. The lowest BCUT2D eigenvalue weighted by Crippen LogP contribution is -2.32. The van der Waals surface area contributed by atoms with Gasteiger partial charge in [-0.15, -0.1) is 0 Å². The molecule has 32 heavy (non-hydrogen) atoms. The molecule has 0 spiro atoms. The van der Waals surface area contributed by atoms with E-state index in [4.69, 9.17) is 16.0 Å². The predicted molar refractivity (Wildman–Crippen MR) is 124 cm³/mol. The molecular formula is C24H23ClN4O3. The van der Waals surface area contributed by atoms with Gasteiger partial charge in [0.15, 0.2) is 0 Å². The molecule has 1 unspecified atom stereocenters. The number of furan rings is 1. The Labute approximate surface area is 191 Å². The van der Waals surface area contributed by atoms with Crippen molar-refractivity contribution in [2.45, 2.75) is 19.4 Å². The number of hydrogen-bond donors (Lipinski definition) is 2. The molecule has 0 saturated heterocycles. The number of para-hydroxylation sites is 1. The van der Waals surface area contributed by atoms with Crippen LogP contribution in [-0.2, 0) is 4.79 Å². The summed E-state index contributed by atoms with van der Waals surface area (Å²) in [5.74, 6) is 0.232. The van der Waals surface area contributed by atoms with Gasteiger partial charge >= 0.3 is 0 Å². The molecule has 2 aromatic carbocycles. The molecule has 0 fully saturated rings. The number of hydrogen-bond acceptors (Lipinski definition) is 5. The third-order valence-electron chi connectivity index (χ3n) is 5.15. The smallest absolute Gasteiger partial charge is 0.262 e. The van der Waals surface area contributed by atoms with Crippen molar-refractivity contribution in [3.05, 3.63) is 88.8 Å². The SMILES string of the molecule is CCNC(=O)c1ccccc1NCC(=O)N1N=C(c2ccc(Cl)cc2)CC1c1ccco1. The molecule has 0 bridgehead atoms. The monoisotopic (exact) mass is 450 g/mol. The zero-order chi connectivity index (χ0) is 22.5. The van der Waals surface area contributed by atoms with Gasteiger partial charge in [-0.25, -0.2) is 5.01 Å². The van der Waals surface area contributed by atoms with Crippen molar-refractivity contribution >= 4 is 34.8 Å². The van der Waals surface area contributed by atoms with Crippen molar-refractivity contribution < 1.29 is 14.0 Å². The van der Waals surface area contributed by atoms with Crippen LogP contribution in [-0.4, -0.2) is 35.6 Å². The Morgan fingerprint density at radius 3 is 2.62 bits per heavy atom. The topological polar surface area (TPSA) is 86.9 Å². The van der Waals surface area contributed by atoms with Crippen LogP contribution in [0.15, 0.2) is 76.4 Å². The Hall–Kier alpha value is -3.58. The lowest BCUT2D eigenvalue weighted by atomic mass is 10.0. The molecule has 3 aromatic rings. The maximum atomic E-state index is 13.2. The van der Waals surface area contributed by atoms with Gasteiger partial charge in [0.1, 0.15) is 11.8 Å². The number of carbonyl (C=O) groups is 2. The molecular weight excluding hydrogens is 428 g/mol. The number of nitrogens with zero attached hydrogens (tertiary/aromatic N) is 2. The highest BCUT2D eigenvalue weighted by Gasteiger charge is 2.34. The fourth-order valence-corrected chi connectivity index (χ4v) is 3.73. The van der Waals surface area contributed by atoms with Crippen LogP contribution >= 0.6 is 11.6 Å². The Morgan fingerprint density at radius 1 is 1.12 bits per heavy atom. The number of anilines is 1. The van der Waals surface area contributed by atoms with E-state index in [1.54, 1.807) is 42.7 Å². The zero-order valence-corrected chi connectivity index (χ0v) is 18.3. The minimum Gasteiger partial charge on any atom is -0.467 e. The van der Waals surface area contributed by atoms with Gasteiger partial charge in [-0.1, -0.05) is 35.9 Å². The molecule has 1 atom stereocenters. The summed E-state index contributed by atoms with van der Waals surface area (Å²) in [6.07, 6.45) is 2.11. The average Bonchev–Trinajstić information content (AvgIpc) is 3.48. The van der Waals surface area contributed by atoms with Crippen LogP contribution in [0.25, 0.3) is 0 Å². The van der Waals surface area contributed by atoms with Gasteiger partial charge in [0, 0.05) is 23.7 Å². The van der Waals surface area contributed by atoms with Crippen LogP contribution in [0.4, 0.5) is 5.69 Å². The normalized spacial score (nSPS) is 15.4. The highest BCUT2D eigenvalue weighted by Crippen LogP contribution is 2.33. The van der Waals surface area contributed by atoms with Crippen molar-refractivity contribution in [2.24, 2.45) is 5.10 Å². The van der Waals surface area contributed by atoms with E-state index in [2.05, 4.69) is 15.7 Å². The van der Waals surface area contributed by atoms with E-state index in [0.717, 1.165) is 11.3 Å². The van der Waals surface area contributed by atoms with Crippen LogP contribution < -0.4 is 10.6 Å². The predicted octanol–water partition coefficient (Wildman–Crippen LogP) is 4.47. The molecule has 8 heteroatoms. The van der Waals surface area contributed by atoms with E-state index in [1.807, 2.05) is 31.2 Å². The molecule has 2 N–H and O–H groups in total. The van der Waals surface area contributed by atoms with Gasteiger partial charge in [-0.3, -0.25) is 9.59 Å². The Kier molecular flexibility index (Phi) is 6.56. The van der Waals surface area contributed by atoms with Gasteiger partial charge in [0.05, 0.1) is 24.1 Å². The highest BCUT2D eigenvalue weighted by molar-refractivity contribution is 6.30. The summed E-state index contributed by atoms with van der Waals surface area (Å²) in [5, 5.41) is 12.6. The summed E-state index contributed by atoms with van der Waals surface area (Å²) in [6.45, 7) is 2.35. The van der Waals surface area contributed by atoms with Gasteiger partial charge in [-0.05, 0) is 48.9 Å². The largest absolute Gasteiger partial charge is 0.467 e. The standard InChI is InChI=1S/C24H23ClN4O3/c1-2-26-24(31)18-6-3-4-7-19(18)27-15-23(30)29-21(22-8-5-13-32-22)14-20(28-29)16-9-11-17(25)12-10-16/h3-13,21,27H,2,14-15H2,1H3,(H,26,31). The first-order valence-corrected chi connectivity index (χ1v) is 10.7. The summed E-state index contributed by atoms with van der Waals surface area (Å²) < 4.78 is 5.58. The average molecular weight is 451 g/mol. The van der Waals surface area contributed by atoms with E-state index in [0.29, 0.717) is 35.0 Å². The van der Waals surface area contributed by atoms with Crippen LogP contribution in [0.2, 0.25) is 5.02 Å². The van der Waals surface area contributed by atoms with Crippen molar-refractivity contribution in [3.8, 4) is 0 Å². The lowest BCUT2D eigenvalue weighted by Gasteiger charge is -2.20. The summed E-state index contributed by atoms with van der Waals surface area (Å²) in [5.41, 5.74) is 2.74. The number of hydrazone groups is 1. The van der Waals surface area contributed by atoms with Crippen molar-refractivity contribution in [1.82, 2.24) is 10.3 Å². The molecule has 1 aliphatic rings. The summed E-state index contributed by atoms with van der Waals surface area (Å²) in [6, 6.07) is 17.7. The summed E-state index contributed by atoms with van der Waals surface area (Å²) in [7, 11) is 0. The van der Waals surface area contributed by atoms with Crippen molar-refractivity contribution in [3.63, 3.8) is 0 Å². The quantitative estimate of drug-likeness (QED) is 0.556. The van der Waals surface area contributed by atoms with Crippen LogP contribution in [0.5, 0.6) is 0 Å². The molecule has 2 amide bonds. The molecule has 1 aliphatic heterocycles. The second-order valence-corrected chi connectivity index (χ2v) is 7.72. The van der Waals surface area contributed by atoms with Gasteiger partial charge in [0.25, 0.3) is 11.8 Å². The maximum Gasteiger partial charge on any atom is 0.262 e. The first-order chi connectivity index (χ1) is 15.6. The number of carbonyl (C=O) groups excluding carboxylic acids is 2. The zero-order valence-electron chi connectivity index (χ0n) is 17.5. The first-order valence-electron chi connectivity index (χ1n) is 10.4. The third-order valence-corrected chi connectivity index (χ3v) is 5.41. The Bertz CT molecular complexity index is 1130. The highest BCUT2D eigenvalue weighted by atomic mass is 35.5. The number of nitrogens with one attached hydrogen (secondary N) is 2. The molecule has 164 valence electrons. The minimum atomic E-state index is -0.344. The Morgan fingerprint density at radius 2 is 1.91 bits per heavy atom. The lowest BCUT2D eigenvalue weighted by molar-refractivity contribution is -0.131. The third kappa shape index (κ3) is 4.68. The number of halogens is 1. The first kappa shape index (κ1) is 21.6. The van der Waals surface area contributed by atoms with Gasteiger partial charge < -0.3 is 15.1 Å². The second kappa shape index (κ2) is 9.70. The molecule has 0 aliphatic carbocycles. The van der Waals surface area contributed by atoms with E-state index in [-0.39, 0.29) is 24.4 Å². The van der Waals surface area contributed by atoms with Crippen molar-refractivity contribution in [1.29, 1.82) is 0 Å². The number of amides is 2. The molecule has 2 heterocycles. The van der Waals surface area contributed by atoms with Crippen molar-refractivity contribution in [2.75, 3.05) is 18.4 Å². The molecule has 7 nitrogen and oxygen atoms in total. The Balaban J connectivity index is 1.54. The van der Waals surface area contributed by atoms with Gasteiger partial charge in [0.2, 0.25) is 0 Å². The van der Waals surface area contributed by atoms with Crippen LogP contribution in [0, 0.1) is 0 Å². The summed E-state index contributed by atoms with van der Waals surface area (Å²) in [4.78, 5) is 25.5. The van der Waals surface area contributed by atoms with Crippen LogP contribution in [0.3, 0.4) is 0 Å². The second-order valence-electron chi connectivity index (χ2n) is 7.29. The number of benzene rings is 2. The van der Waals surface area contributed by atoms with Gasteiger partial charge in [-0.2, -0.15) is 5.10 Å². The van der Waals surface area contributed by atoms with E-state index in [1.165, 1.54) is 5.01 Å². The molecule has 0 radical (unpaired) electrons. The minimum absolute atomic E-state index is 0.0228. The molecule has 4 rings (SSSR count). The van der Waals surface area contributed by atoms with E-state index in [9.17, 15) is 9.59 Å². The van der Waals surface area contributed by atoms with Crippen LogP contribution in [0.1, 0.15) is 41.1 Å². The molecule has 1 aromatic heterocycles. The number of rotatable bonds is 7. The van der Waals surface area contributed by atoms with E-state index < -0.39 is 0 Å². The molecule has 0 saturated carbocycles. The summed E-state index contributed by atoms with van der Waals surface area (Å²) >= 11 is 6.01.